The lowest BCUT2D eigenvalue weighted by Crippen LogP contribution is -2.33. The molecule has 8 aromatic rings. The molecule has 1 aliphatic heterocycles. The molecule has 0 saturated carbocycles. The van der Waals surface area contributed by atoms with Crippen LogP contribution in [0.3, 0.4) is 0 Å². The minimum Gasteiger partial charge on any atom is -0.456 e. The van der Waals surface area contributed by atoms with Crippen LogP contribution < -0.4 is 5.32 Å². The van der Waals surface area contributed by atoms with Crippen LogP contribution in [0.1, 0.15) is 22.9 Å². The fraction of sp³-hybridized carbons (Fsp3) is 0.0222. The van der Waals surface area contributed by atoms with Crippen LogP contribution in [-0.2, 0) is 0 Å². The lowest BCUT2D eigenvalue weighted by molar-refractivity contribution is 0.662. The molecule has 7 aromatic carbocycles. The average Bonchev–Trinajstić information content (AvgIpc) is 3.57. The molecule has 2 heterocycles. The first-order valence-corrected chi connectivity index (χ1v) is 16.5. The fourth-order valence-corrected chi connectivity index (χ4v) is 6.67. The molecule has 49 heavy (non-hydrogen) atoms. The number of nitrogens with zero attached hydrogens (tertiary/aromatic N) is 2. The molecule has 0 aliphatic carbocycles. The number of hydrogen-bond donors (Lipinski definition) is 1. The van der Waals surface area contributed by atoms with E-state index in [1.165, 1.54) is 16.7 Å². The molecule has 1 aromatic heterocycles. The Balaban J connectivity index is 1.12. The number of aliphatic imine (C=N–C) groups is 2. The van der Waals surface area contributed by atoms with E-state index in [9.17, 15) is 0 Å². The van der Waals surface area contributed by atoms with E-state index >= 15 is 0 Å². The summed E-state index contributed by atoms with van der Waals surface area (Å²) < 4.78 is 6.42. The van der Waals surface area contributed by atoms with Gasteiger partial charge in [-0.1, -0.05) is 158 Å². The Morgan fingerprint density at radius 2 is 0.939 bits per heavy atom. The molecule has 0 bridgehead atoms. The van der Waals surface area contributed by atoms with E-state index in [-0.39, 0.29) is 6.17 Å². The van der Waals surface area contributed by atoms with E-state index in [0.717, 1.165) is 61.2 Å². The Morgan fingerprint density at radius 1 is 0.429 bits per heavy atom. The van der Waals surface area contributed by atoms with E-state index in [1.54, 1.807) is 0 Å². The van der Waals surface area contributed by atoms with Crippen LogP contribution in [0.25, 0.3) is 55.3 Å². The first kappa shape index (κ1) is 28.7. The smallest absolute Gasteiger partial charge is 0.159 e. The van der Waals surface area contributed by atoms with Gasteiger partial charge in [-0.15, -0.1) is 0 Å². The molecule has 0 spiro atoms. The maximum atomic E-state index is 6.42. The van der Waals surface area contributed by atoms with Gasteiger partial charge >= 0.3 is 0 Å². The highest BCUT2D eigenvalue weighted by molar-refractivity contribution is 6.14. The molecule has 1 unspecified atom stereocenters. The number of amidine groups is 2. The summed E-state index contributed by atoms with van der Waals surface area (Å²) >= 11 is 0. The standard InChI is InChI=1S/C45H31N3O/c1-4-11-30(12-5-1)32-19-21-34(22-20-32)37-27-28-40-39(29-37)42-38(17-10-18-41(42)49-40)45-47-43(35-15-8-3-9-16-35)46-44(48-45)36-25-23-33(24-26-36)31-13-6-2-7-14-31/h1-29,45H,(H,46,47,48). The Labute approximate surface area is 284 Å². The number of furan rings is 1. The van der Waals surface area contributed by atoms with Crippen molar-refractivity contribution in [1.82, 2.24) is 5.32 Å². The first-order valence-electron chi connectivity index (χ1n) is 16.5. The molecule has 4 nitrogen and oxygen atoms in total. The highest BCUT2D eigenvalue weighted by Crippen LogP contribution is 2.38. The van der Waals surface area contributed by atoms with Gasteiger partial charge < -0.3 is 9.73 Å². The molecule has 9 rings (SSSR count). The topological polar surface area (TPSA) is 49.9 Å². The first-order chi connectivity index (χ1) is 24.3. The summed E-state index contributed by atoms with van der Waals surface area (Å²) in [7, 11) is 0. The van der Waals surface area contributed by atoms with Gasteiger partial charge in [0.15, 0.2) is 5.84 Å². The van der Waals surface area contributed by atoms with Crippen molar-refractivity contribution in [2.45, 2.75) is 6.17 Å². The molecule has 1 N–H and O–H groups in total. The van der Waals surface area contributed by atoms with E-state index in [1.807, 2.05) is 42.5 Å². The van der Waals surface area contributed by atoms with E-state index in [0.29, 0.717) is 5.84 Å². The van der Waals surface area contributed by atoms with E-state index in [2.05, 4.69) is 139 Å². The molecular weight excluding hydrogens is 599 g/mol. The largest absolute Gasteiger partial charge is 0.456 e. The average molecular weight is 630 g/mol. The molecule has 4 heteroatoms. The minimum absolute atomic E-state index is 0.380. The zero-order valence-electron chi connectivity index (χ0n) is 26.6. The summed E-state index contributed by atoms with van der Waals surface area (Å²) in [6, 6.07) is 61.1. The van der Waals surface area contributed by atoms with Crippen molar-refractivity contribution in [3.8, 4) is 33.4 Å². The number of fused-ring (bicyclic) bond motifs is 3. The van der Waals surface area contributed by atoms with Gasteiger partial charge in [0, 0.05) is 27.5 Å². The van der Waals surface area contributed by atoms with Gasteiger partial charge in [0.1, 0.15) is 23.2 Å². The van der Waals surface area contributed by atoms with Crippen molar-refractivity contribution in [3.63, 3.8) is 0 Å². The van der Waals surface area contributed by atoms with Crippen LogP contribution in [0.4, 0.5) is 0 Å². The Hall–Kier alpha value is -6.52. The summed E-state index contributed by atoms with van der Waals surface area (Å²) in [6.07, 6.45) is -0.380. The Bertz CT molecular complexity index is 2480. The molecular formula is C45H31N3O. The van der Waals surface area contributed by atoms with E-state index < -0.39 is 0 Å². The molecule has 1 atom stereocenters. The molecule has 232 valence electrons. The van der Waals surface area contributed by atoms with Crippen molar-refractivity contribution in [2.75, 3.05) is 0 Å². The lowest BCUT2D eigenvalue weighted by atomic mass is 9.97. The van der Waals surface area contributed by atoms with E-state index in [4.69, 9.17) is 14.4 Å². The van der Waals surface area contributed by atoms with Crippen molar-refractivity contribution >= 4 is 33.6 Å². The quantitative estimate of drug-likeness (QED) is 0.199. The third kappa shape index (κ3) is 5.49. The van der Waals surface area contributed by atoms with Crippen molar-refractivity contribution in [1.29, 1.82) is 0 Å². The number of nitrogens with one attached hydrogen (secondary N) is 1. The normalized spacial score (nSPS) is 14.3. The van der Waals surface area contributed by atoms with Crippen molar-refractivity contribution in [2.24, 2.45) is 9.98 Å². The highest BCUT2D eigenvalue weighted by Gasteiger charge is 2.24. The molecule has 0 fully saturated rings. The third-order valence-electron chi connectivity index (χ3n) is 9.19. The summed E-state index contributed by atoms with van der Waals surface area (Å²) in [5.41, 5.74) is 11.7. The van der Waals surface area contributed by atoms with Gasteiger partial charge in [-0.2, -0.15) is 0 Å². The molecule has 0 amide bonds. The van der Waals surface area contributed by atoms with Gasteiger partial charge in [-0.25, -0.2) is 9.98 Å². The van der Waals surface area contributed by atoms with Crippen LogP contribution in [0.15, 0.2) is 190 Å². The highest BCUT2D eigenvalue weighted by atomic mass is 16.3. The van der Waals surface area contributed by atoms with Gasteiger partial charge in [-0.05, 0) is 51.6 Å². The summed E-state index contributed by atoms with van der Waals surface area (Å²) in [5.74, 6) is 1.47. The lowest BCUT2D eigenvalue weighted by Gasteiger charge is -2.24. The van der Waals surface area contributed by atoms with Gasteiger partial charge in [0.2, 0.25) is 0 Å². The summed E-state index contributed by atoms with van der Waals surface area (Å²) in [5, 5.41) is 5.79. The fourth-order valence-electron chi connectivity index (χ4n) is 6.67. The van der Waals surface area contributed by atoms with Crippen LogP contribution in [0, 0.1) is 0 Å². The zero-order chi connectivity index (χ0) is 32.6. The maximum Gasteiger partial charge on any atom is 0.159 e. The summed E-state index contributed by atoms with van der Waals surface area (Å²) in [4.78, 5) is 10.2. The van der Waals surface area contributed by atoms with Gasteiger partial charge in [0.05, 0.1) is 0 Å². The zero-order valence-corrected chi connectivity index (χ0v) is 26.6. The predicted octanol–water partition coefficient (Wildman–Crippen LogP) is 11.1. The van der Waals surface area contributed by atoms with Crippen molar-refractivity contribution in [3.05, 3.63) is 193 Å². The van der Waals surface area contributed by atoms with Crippen LogP contribution in [-0.4, -0.2) is 11.7 Å². The third-order valence-corrected chi connectivity index (χ3v) is 9.19. The molecule has 1 aliphatic rings. The van der Waals surface area contributed by atoms with Gasteiger partial charge in [-0.3, -0.25) is 0 Å². The van der Waals surface area contributed by atoms with Gasteiger partial charge in [0.25, 0.3) is 0 Å². The minimum atomic E-state index is -0.380. The second-order valence-electron chi connectivity index (χ2n) is 12.2. The van der Waals surface area contributed by atoms with Crippen molar-refractivity contribution < 1.29 is 4.42 Å². The SMILES string of the molecule is c1ccc(C2=NC(c3cccc4oc5ccc(-c6ccc(-c7ccccc7)cc6)cc5c34)NC(c3ccc(-c4ccccc4)cc3)=N2)cc1. The molecule has 0 radical (unpaired) electrons. The Morgan fingerprint density at radius 3 is 1.55 bits per heavy atom. The van der Waals surface area contributed by atoms with Crippen LogP contribution >= 0.6 is 0 Å². The summed E-state index contributed by atoms with van der Waals surface area (Å²) in [6.45, 7) is 0. The maximum absolute atomic E-state index is 6.42. The monoisotopic (exact) mass is 629 g/mol. The van der Waals surface area contributed by atoms with Crippen LogP contribution in [0.2, 0.25) is 0 Å². The number of hydrogen-bond acceptors (Lipinski definition) is 4. The number of rotatable bonds is 6. The van der Waals surface area contributed by atoms with Crippen LogP contribution in [0.5, 0.6) is 0 Å². The molecule has 0 saturated heterocycles. The Kier molecular flexibility index (Phi) is 7.17. The second-order valence-corrected chi connectivity index (χ2v) is 12.2. The predicted molar refractivity (Wildman–Crippen MR) is 202 cm³/mol. The number of benzene rings is 7. The second kappa shape index (κ2) is 12.3.